The third kappa shape index (κ3) is 8.36. The molecule has 0 aliphatic heterocycles. The Kier molecular flexibility index (Phi) is 10.3. The normalized spacial score (nSPS) is 11.0. The standard InChI is InChI=1S/C33H27BrCl2N4O5/c1-20-3-4-21(2)40(20)25-9-11-26(12-10-25)43-18-27-13-14-30(45-27)33(42)39-37-17-22-15-28(34)32(29(36)16-22)44-19-31(41)38-24-7-5-23(35)6-8-24/h3-17H,18-19H2,1-2H3,(H,38,41)(H,39,42)/b37-17+. The SMILES string of the molecule is Cc1ccc(C)n1-c1ccc(OCc2ccc(C(=O)N/N=C/c3cc(Cl)c(OCC(=O)Nc4ccc(Cl)cc4)c(Br)c3)o2)cc1. The summed E-state index contributed by atoms with van der Waals surface area (Å²) in [5.41, 5.74) is 6.95. The van der Waals surface area contributed by atoms with E-state index in [0.717, 1.165) is 17.1 Å². The van der Waals surface area contributed by atoms with E-state index >= 15 is 0 Å². The Balaban J connectivity index is 1.10. The van der Waals surface area contributed by atoms with Crippen molar-refractivity contribution in [3.8, 4) is 17.2 Å². The lowest BCUT2D eigenvalue weighted by Gasteiger charge is -2.11. The summed E-state index contributed by atoms with van der Waals surface area (Å²) in [5, 5.41) is 7.51. The molecule has 0 saturated heterocycles. The minimum absolute atomic E-state index is 0.0829. The number of nitrogens with zero attached hydrogens (tertiary/aromatic N) is 2. The number of hydrogen-bond donors (Lipinski definition) is 2. The van der Waals surface area contributed by atoms with Crippen LogP contribution in [0, 0.1) is 13.8 Å². The Bertz CT molecular complexity index is 1810. The molecule has 45 heavy (non-hydrogen) atoms. The summed E-state index contributed by atoms with van der Waals surface area (Å²) in [6.45, 7) is 4.01. The number of amides is 2. The van der Waals surface area contributed by atoms with E-state index in [1.807, 2.05) is 24.3 Å². The molecule has 0 saturated carbocycles. The van der Waals surface area contributed by atoms with Crippen LogP contribution in [0.1, 0.15) is 33.3 Å². The molecular weight excluding hydrogens is 683 g/mol. The van der Waals surface area contributed by atoms with E-state index in [0.29, 0.717) is 32.3 Å². The molecule has 0 aliphatic rings. The molecule has 2 heterocycles. The van der Waals surface area contributed by atoms with Gasteiger partial charge in [-0.3, -0.25) is 9.59 Å². The summed E-state index contributed by atoms with van der Waals surface area (Å²) >= 11 is 15.6. The van der Waals surface area contributed by atoms with Crippen LogP contribution < -0.4 is 20.2 Å². The molecule has 0 aliphatic carbocycles. The van der Waals surface area contributed by atoms with Crippen LogP contribution in [0.15, 0.2) is 98.9 Å². The number of hydrazone groups is 1. The second-order valence-corrected chi connectivity index (χ2v) is 11.6. The van der Waals surface area contributed by atoms with E-state index in [1.54, 1.807) is 48.5 Å². The van der Waals surface area contributed by atoms with Crippen molar-refractivity contribution in [2.45, 2.75) is 20.5 Å². The number of hydrogen-bond acceptors (Lipinski definition) is 6. The zero-order valence-corrected chi connectivity index (χ0v) is 27.2. The first-order valence-electron chi connectivity index (χ1n) is 13.6. The van der Waals surface area contributed by atoms with Crippen LogP contribution in [0.3, 0.4) is 0 Å². The minimum Gasteiger partial charge on any atom is -0.486 e. The number of halogens is 3. The van der Waals surface area contributed by atoms with Crippen molar-refractivity contribution < 1.29 is 23.5 Å². The van der Waals surface area contributed by atoms with Gasteiger partial charge in [0.25, 0.3) is 5.91 Å². The number of anilines is 1. The second kappa shape index (κ2) is 14.5. The van der Waals surface area contributed by atoms with Gasteiger partial charge in [0.1, 0.15) is 18.1 Å². The number of furan rings is 1. The van der Waals surface area contributed by atoms with Gasteiger partial charge in [-0.15, -0.1) is 0 Å². The van der Waals surface area contributed by atoms with E-state index < -0.39 is 5.91 Å². The molecule has 0 spiro atoms. The summed E-state index contributed by atoms with van der Waals surface area (Å²) in [4.78, 5) is 24.8. The Morgan fingerprint density at radius 3 is 2.33 bits per heavy atom. The number of ether oxygens (including phenoxy) is 2. The third-order valence-electron chi connectivity index (χ3n) is 6.51. The van der Waals surface area contributed by atoms with Gasteiger partial charge in [-0.25, -0.2) is 5.43 Å². The van der Waals surface area contributed by atoms with E-state index in [-0.39, 0.29) is 35.7 Å². The van der Waals surface area contributed by atoms with Crippen LogP contribution in [0.25, 0.3) is 5.69 Å². The van der Waals surface area contributed by atoms with Crippen molar-refractivity contribution in [3.05, 3.63) is 128 Å². The number of benzene rings is 3. The van der Waals surface area contributed by atoms with Crippen molar-refractivity contribution in [1.82, 2.24) is 9.99 Å². The number of carbonyl (C=O) groups excluding carboxylic acids is 2. The van der Waals surface area contributed by atoms with Crippen LogP contribution in [0.5, 0.6) is 11.5 Å². The molecule has 0 fully saturated rings. The quantitative estimate of drug-likeness (QED) is 0.106. The van der Waals surface area contributed by atoms with Gasteiger partial charge in [0.2, 0.25) is 0 Å². The van der Waals surface area contributed by atoms with Gasteiger partial charge in [0, 0.05) is 27.8 Å². The van der Waals surface area contributed by atoms with E-state index in [4.69, 9.17) is 37.1 Å². The summed E-state index contributed by atoms with van der Waals surface area (Å²) in [5.74, 6) is 0.634. The lowest BCUT2D eigenvalue weighted by Crippen LogP contribution is -2.20. The third-order valence-corrected chi connectivity index (χ3v) is 7.63. The maximum atomic E-state index is 12.6. The molecule has 2 aromatic heterocycles. The van der Waals surface area contributed by atoms with Gasteiger partial charge in [0.15, 0.2) is 18.1 Å². The van der Waals surface area contributed by atoms with Gasteiger partial charge in [-0.2, -0.15) is 5.10 Å². The zero-order valence-electron chi connectivity index (χ0n) is 24.1. The molecule has 0 radical (unpaired) electrons. The summed E-state index contributed by atoms with van der Waals surface area (Å²) in [6.07, 6.45) is 1.42. The number of nitrogens with one attached hydrogen (secondary N) is 2. The fourth-order valence-electron chi connectivity index (χ4n) is 4.38. The second-order valence-electron chi connectivity index (χ2n) is 9.86. The highest BCUT2D eigenvalue weighted by molar-refractivity contribution is 9.10. The molecule has 230 valence electrons. The largest absolute Gasteiger partial charge is 0.486 e. The Morgan fingerprint density at radius 2 is 1.64 bits per heavy atom. The number of aryl methyl sites for hydroxylation is 2. The van der Waals surface area contributed by atoms with Crippen molar-refractivity contribution >= 4 is 62.8 Å². The van der Waals surface area contributed by atoms with Crippen LogP contribution in [-0.2, 0) is 11.4 Å². The molecule has 2 amide bonds. The lowest BCUT2D eigenvalue weighted by molar-refractivity contribution is -0.118. The number of rotatable bonds is 11. The molecule has 12 heteroatoms. The van der Waals surface area contributed by atoms with Crippen LogP contribution >= 0.6 is 39.1 Å². The van der Waals surface area contributed by atoms with Gasteiger partial charge >= 0.3 is 5.91 Å². The maximum absolute atomic E-state index is 12.6. The molecule has 5 aromatic rings. The highest BCUT2D eigenvalue weighted by Crippen LogP contribution is 2.34. The first-order valence-corrected chi connectivity index (χ1v) is 15.2. The van der Waals surface area contributed by atoms with E-state index in [2.05, 4.69) is 62.3 Å². The first kappa shape index (κ1) is 31.9. The zero-order chi connectivity index (χ0) is 31.9. The van der Waals surface area contributed by atoms with Gasteiger partial charge in [-0.1, -0.05) is 23.2 Å². The average molecular weight is 710 g/mol. The fraction of sp³-hybridized carbons (Fsp3) is 0.121. The Labute approximate surface area is 277 Å². The molecule has 9 nitrogen and oxygen atoms in total. The van der Waals surface area contributed by atoms with Crippen molar-refractivity contribution in [3.63, 3.8) is 0 Å². The van der Waals surface area contributed by atoms with Crippen molar-refractivity contribution in [2.24, 2.45) is 5.10 Å². The van der Waals surface area contributed by atoms with E-state index in [9.17, 15) is 9.59 Å². The molecule has 5 rings (SSSR count). The molecule has 0 atom stereocenters. The monoisotopic (exact) mass is 708 g/mol. The highest BCUT2D eigenvalue weighted by Gasteiger charge is 2.13. The molecule has 0 unspecified atom stereocenters. The van der Waals surface area contributed by atoms with Gasteiger partial charge in [-0.05, 0) is 120 Å². The summed E-state index contributed by atoms with van der Waals surface area (Å²) in [6, 6.07) is 25.1. The number of aromatic nitrogens is 1. The predicted molar refractivity (Wildman–Crippen MR) is 178 cm³/mol. The molecule has 2 N–H and O–H groups in total. The minimum atomic E-state index is -0.531. The molecule has 0 bridgehead atoms. The topological polar surface area (TPSA) is 107 Å². The smallest absolute Gasteiger partial charge is 0.307 e. The Hall–Kier alpha value is -4.51. The van der Waals surface area contributed by atoms with E-state index in [1.165, 1.54) is 6.21 Å². The predicted octanol–water partition coefficient (Wildman–Crippen LogP) is 8.12. The average Bonchev–Trinajstić information content (AvgIpc) is 3.63. The maximum Gasteiger partial charge on any atom is 0.307 e. The number of carbonyl (C=O) groups is 2. The fourth-order valence-corrected chi connectivity index (χ4v) is 5.49. The van der Waals surface area contributed by atoms with Gasteiger partial charge < -0.3 is 23.8 Å². The van der Waals surface area contributed by atoms with Crippen molar-refractivity contribution in [2.75, 3.05) is 11.9 Å². The highest BCUT2D eigenvalue weighted by atomic mass is 79.9. The summed E-state index contributed by atoms with van der Waals surface area (Å²) in [7, 11) is 0. The lowest BCUT2D eigenvalue weighted by atomic mass is 10.2. The van der Waals surface area contributed by atoms with Gasteiger partial charge in [0.05, 0.1) is 15.7 Å². The van der Waals surface area contributed by atoms with Crippen molar-refractivity contribution in [1.29, 1.82) is 0 Å². The molecule has 3 aromatic carbocycles. The molecular formula is C33H27BrCl2N4O5. The summed E-state index contributed by atoms with van der Waals surface area (Å²) < 4.78 is 19.7. The first-order chi connectivity index (χ1) is 21.7. The van der Waals surface area contributed by atoms with Crippen LogP contribution in [-0.4, -0.2) is 29.2 Å². The Morgan fingerprint density at radius 1 is 0.933 bits per heavy atom. The van der Waals surface area contributed by atoms with Crippen LogP contribution in [0.2, 0.25) is 10.0 Å². The van der Waals surface area contributed by atoms with Crippen LogP contribution in [0.4, 0.5) is 5.69 Å².